The van der Waals surface area contributed by atoms with Crippen molar-refractivity contribution in [3.05, 3.63) is 22.2 Å². The van der Waals surface area contributed by atoms with Gasteiger partial charge in [-0.25, -0.2) is 4.63 Å². The van der Waals surface area contributed by atoms with Crippen molar-refractivity contribution in [2.75, 3.05) is 32.1 Å². The fourth-order valence-corrected chi connectivity index (χ4v) is 1.91. The summed E-state index contributed by atoms with van der Waals surface area (Å²) < 4.78 is 4.63. The highest BCUT2D eigenvalue weighted by atomic mass is 16.6. The van der Waals surface area contributed by atoms with Crippen LogP contribution in [-0.4, -0.2) is 42.4 Å². The van der Waals surface area contributed by atoms with E-state index in [1.165, 1.54) is 6.07 Å². The molecule has 19 heavy (non-hydrogen) atoms. The van der Waals surface area contributed by atoms with Crippen LogP contribution in [0.5, 0.6) is 0 Å². The number of hydrogen-bond donors (Lipinski definition) is 1. The first-order valence-electron chi connectivity index (χ1n) is 5.90. The minimum absolute atomic E-state index is 0.0939. The van der Waals surface area contributed by atoms with Gasteiger partial charge in [0.1, 0.15) is 0 Å². The molecule has 0 fully saturated rings. The molecule has 0 unspecified atom stereocenters. The van der Waals surface area contributed by atoms with E-state index in [-0.39, 0.29) is 11.2 Å². The molecule has 8 nitrogen and oxygen atoms in total. The number of nitro groups is 1. The SMILES string of the molecule is CNCCCN(C)c1ccc([N+](=O)[O-])c2nonc12. The Kier molecular flexibility index (Phi) is 3.91. The van der Waals surface area contributed by atoms with Gasteiger partial charge in [-0.1, -0.05) is 0 Å². The highest BCUT2D eigenvalue weighted by Gasteiger charge is 2.20. The molecule has 0 aliphatic carbocycles. The quantitative estimate of drug-likeness (QED) is 0.475. The van der Waals surface area contributed by atoms with Crippen LogP contribution in [0.1, 0.15) is 6.42 Å². The van der Waals surface area contributed by atoms with Crippen molar-refractivity contribution in [2.24, 2.45) is 0 Å². The zero-order valence-electron chi connectivity index (χ0n) is 10.8. The Balaban J connectivity index is 2.32. The number of fused-ring (bicyclic) bond motifs is 1. The smallest absolute Gasteiger partial charge is 0.300 e. The largest absolute Gasteiger partial charge is 0.373 e. The Morgan fingerprint density at radius 1 is 1.42 bits per heavy atom. The van der Waals surface area contributed by atoms with E-state index < -0.39 is 4.92 Å². The van der Waals surface area contributed by atoms with Gasteiger partial charge >= 0.3 is 5.69 Å². The van der Waals surface area contributed by atoms with Gasteiger partial charge in [0.25, 0.3) is 0 Å². The Morgan fingerprint density at radius 2 is 2.16 bits per heavy atom. The molecule has 0 atom stereocenters. The van der Waals surface area contributed by atoms with Gasteiger partial charge in [-0.2, -0.15) is 0 Å². The number of nitrogens with zero attached hydrogens (tertiary/aromatic N) is 4. The van der Waals surface area contributed by atoms with Gasteiger partial charge in [-0.15, -0.1) is 0 Å². The van der Waals surface area contributed by atoms with Crippen LogP contribution in [0.3, 0.4) is 0 Å². The number of nitro benzene ring substituents is 1. The predicted octanol–water partition coefficient (Wildman–Crippen LogP) is 1.18. The zero-order chi connectivity index (χ0) is 13.8. The van der Waals surface area contributed by atoms with Gasteiger partial charge in [0, 0.05) is 19.7 Å². The minimum Gasteiger partial charge on any atom is -0.373 e. The first-order chi connectivity index (χ1) is 9.15. The zero-order valence-corrected chi connectivity index (χ0v) is 10.8. The average Bonchev–Trinajstić information content (AvgIpc) is 2.86. The lowest BCUT2D eigenvalue weighted by Crippen LogP contribution is -2.22. The summed E-state index contributed by atoms with van der Waals surface area (Å²) in [4.78, 5) is 12.4. The molecule has 0 bridgehead atoms. The molecular weight excluding hydrogens is 250 g/mol. The van der Waals surface area contributed by atoms with Gasteiger partial charge in [0.2, 0.25) is 5.52 Å². The maximum atomic E-state index is 10.9. The second-order valence-electron chi connectivity index (χ2n) is 4.20. The highest BCUT2D eigenvalue weighted by molar-refractivity contribution is 5.93. The summed E-state index contributed by atoms with van der Waals surface area (Å²) in [5.74, 6) is 0. The van der Waals surface area contributed by atoms with E-state index in [0.29, 0.717) is 5.52 Å². The van der Waals surface area contributed by atoms with Crippen LogP contribution in [0.25, 0.3) is 11.0 Å². The first-order valence-corrected chi connectivity index (χ1v) is 5.90. The van der Waals surface area contributed by atoms with E-state index >= 15 is 0 Å². The molecule has 1 N–H and O–H groups in total. The average molecular weight is 265 g/mol. The summed E-state index contributed by atoms with van der Waals surface area (Å²) in [5.41, 5.74) is 1.28. The van der Waals surface area contributed by atoms with Gasteiger partial charge < -0.3 is 10.2 Å². The van der Waals surface area contributed by atoms with Crippen LogP contribution >= 0.6 is 0 Å². The third-order valence-electron chi connectivity index (χ3n) is 2.90. The molecule has 0 saturated carbocycles. The van der Waals surface area contributed by atoms with E-state index in [1.54, 1.807) is 6.07 Å². The van der Waals surface area contributed by atoms with Crippen molar-refractivity contribution in [3.63, 3.8) is 0 Å². The number of rotatable bonds is 6. The van der Waals surface area contributed by atoms with Crippen molar-refractivity contribution < 1.29 is 9.55 Å². The maximum Gasteiger partial charge on any atom is 0.300 e. The summed E-state index contributed by atoms with van der Waals surface area (Å²) in [7, 11) is 3.80. The minimum atomic E-state index is -0.489. The summed E-state index contributed by atoms with van der Waals surface area (Å²) in [6, 6.07) is 3.10. The van der Waals surface area contributed by atoms with Crippen molar-refractivity contribution >= 4 is 22.4 Å². The number of non-ortho nitro benzene ring substituents is 1. The molecular formula is C11H15N5O3. The van der Waals surface area contributed by atoms with Crippen LogP contribution in [0.2, 0.25) is 0 Å². The third kappa shape index (κ3) is 2.63. The molecule has 0 amide bonds. The Labute approximate surface area is 109 Å². The van der Waals surface area contributed by atoms with Crippen LogP contribution in [0.4, 0.5) is 11.4 Å². The molecule has 1 heterocycles. The Morgan fingerprint density at radius 3 is 2.84 bits per heavy atom. The molecule has 0 aliphatic rings. The molecule has 2 rings (SSSR count). The Bertz CT molecular complexity index is 583. The lowest BCUT2D eigenvalue weighted by Gasteiger charge is -2.18. The van der Waals surface area contributed by atoms with E-state index in [2.05, 4.69) is 20.3 Å². The summed E-state index contributed by atoms with van der Waals surface area (Å²) in [5, 5.41) is 21.3. The van der Waals surface area contributed by atoms with Gasteiger partial charge in [0.05, 0.1) is 10.6 Å². The van der Waals surface area contributed by atoms with Crippen LogP contribution in [0, 0.1) is 10.1 Å². The first kappa shape index (κ1) is 13.2. The predicted molar refractivity (Wildman–Crippen MR) is 70.3 cm³/mol. The highest BCUT2D eigenvalue weighted by Crippen LogP contribution is 2.30. The van der Waals surface area contributed by atoms with Crippen molar-refractivity contribution in [3.8, 4) is 0 Å². The normalized spacial score (nSPS) is 10.8. The summed E-state index contributed by atoms with van der Waals surface area (Å²) >= 11 is 0. The van der Waals surface area contributed by atoms with Gasteiger partial charge in [-0.3, -0.25) is 10.1 Å². The van der Waals surface area contributed by atoms with E-state index in [0.717, 1.165) is 25.2 Å². The van der Waals surface area contributed by atoms with E-state index in [1.807, 2.05) is 19.0 Å². The molecule has 2 aromatic rings. The number of nitrogens with one attached hydrogen (secondary N) is 1. The second kappa shape index (κ2) is 5.61. The molecule has 1 aromatic heterocycles. The maximum absolute atomic E-state index is 10.9. The summed E-state index contributed by atoms with van der Waals surface area (Å²) in [6.07, 6.45) is 0.955. The van der Waals surface area contributed by atoms with Gasteiger partial charge in [0.15, 0.2) is 5.52 Å². The van der Waals surface area contributed by atoms with Crippen LogP contribution in [-0.2, 0) is 0 Å². The summed E-state index contributed by atoms with van der Waals surface area (Å²) in [6.45, 7) is 1.71. The van der Waals surface area contributed by atoms with Crippen LogP contribution < -0.4 is 10.2 Å². The third-order valence-corrected chi connectivity index (χ3v) is 2.90. The molecule has 102 valence electrons. The Hall–Kier alpha value is -2.22. The molecule has 0 saturated heterocycles. The lowest BCUT2D eigenvalue weighted by atomic mass is 10.2. The van der Waals surface area contributed by atoms with Crippen molar-refractivity contribution in [1.29, 1.82) is 0 Å². The van der Waals surface area contributed by atoms with Crippen LogP contribution in [0.15, 0.2) is 16.8 Å². The number of benzene rings is 1. The molecule has 1 aromatic carbocycles. The van der Waals surface area contributed by atoms with E-state index in [9.17, 15) is 10.1 Å². The topological polar surface area (TPSA) is 97.3 Å². The standard InChI is InChI=1S/C11H15N5O3/c1-12-6-3-7-15(2)8-4-5-9(16(17)18)11-10(8)13-19-14-11/h4-5,12H,3,6-7H2,1-2H3. The molecule has 8 heteroatoms. The fourth-order valence-electron chi connectivity index (χ4n) is 1.91. The van der Waals surface area contributed by atoms with E-state index in [4.69, 9.17) is 0 Å². The van der Waals surface area contributed by atoms with Crippen molar-refractivity contribution in [2.45, 2.75) is 6.42 Å². The van der Waals surface area contributed by atoms with Crippen molar-refractivity contribution in [1.82, 2.24) is 15.6 Å². The molecule has 0 aliphatic heterocycles. The van der Waals surface area contributed by atoms with Gasteiger partial charge in [-0.05, 0) is 36.4 Å². The molecule has 0 spiro atoms. The fraction of sp³-hybridized carbons (Fsp3) is 0.455. The lowest BCUT2D eigenvalue weighted by molar-refractivity contribution is -0.383. The number of anilines is 1. The number of aromatic nitrogens is 2. The number of hydrogen-bond acceptors (Lipinski definition) is 7. The second-order valence-corrected chi connectivity index (χ2v) is 4.20. The monoisotopic (exact) mass is 265 g/mol. The molecule has 0 radical (unpaired) electrons.